The normalized spacial score (nSPS) is 11.8. The zero-order valence-electron chi connectivity index (χ0n) is 12.5. The van der Waals surface area contributed by atoms with E-state index >= 15 is 0 Å². The summed E-state index contributed by atoms with van der Waals surface area (Å²) in [6, 6.07) is 7.30. The van der Waals surface area contributed by atoms with E-state index < -0.39 is 10.0 Å². The Bertz CT molecular complexity index is 515. The highest BCUT2D eigenvalue weighted by Crippen LogP contribution is 2.26. The van der Waals surface area contributed by atoms with Gasteiger partial charge in [0, 0.05) is 19.1 Å². The Morgan fingerprint density at radius 3 is 2.50 bits per heavy atom. The Morgan fingerprint density at radius 1 is 1.30 bits per heavy atom. The molecular weight excluding hydrogens is 274 g/mol. The highest BCUT2D eigenvalue weighted by Gasteiger charge is 2.21. The fraction of sp³-hybridized carbons (Fsp3) is 0.571. The van der Waals surface area contributed by atoms with Gasteiger partial charge in [-0.25, -0.2) is 13.1 Å². The molecule has 114 valence electrons. The van der Waals surface area contributed by atoms with Gasteiger partial charge in [-0.15, -0.1) is 0 Å². The number of sulfonamides is 1. The standard InChI is InChI=1S/C14H25N3O2S/c1-4-16-20(18,19)14-9-6-5-8-13(14)17(12(2)3)11-7-10-15/h5-6,8-9,12,16H,4,7,10-11,15H2,1-3H3. The van der Waals surface area contributed by atoms with Gasteiger partial charge in [-0.2, -0.15) is 0 Å². The quantitative estimate of drug-likeness (QED) is 0.763. The molecule has 0 heterocycles. The van der Waals surface area contributed by atoms with Crippen molar-refractivity contribution in [1.29, 1.82) is 0 Å². The van der Waals surface area contributed by atoms with Gasteiger partial charge in [0.05, 0.1) is 5.69 Å². The minimum absolute atomic E-state index is 0.208. The number of anilines is 1. The molecule has 0 spiro atoms. The first-order valence-corrected chi connectivity index (χ1v) is 8.47. The first-order valence-electron chi connectivity index (χ1n) is 6.99. The summed E-state index contributed by atoms with van der Waals surface area (Å²) in [6.45, 7) is 7.58. The number of nitrogens with zero attached hydrogens (tertiary/aromatic N) is 1. The van der Waals surface area contributed by atoms with Crippen LogP contribution >= 0.6 is 0 Å². The van der Waals surface area contributed by atoms with Crippen LogP contribution in [0.15, 0.2) is 29.2 Å². The second-order valence-corrected chi connectivity index (χ2v) is 6.63. The molecule has 0 aliphatic carbocycles. The summed E-state index contributed by atoms with van der Waals surface area (Å²) in [5.74, 6) is 0. The van der Waals surface area contributed by atoms with Gasteiger partial charge in [0.15, 0.2) is 0 Å². The van der Waals surface area contributed by atoms with Crippen LogP contribution in [0.1, 0.15) is 27.2 Å². The highest BCUT2D eigenvalue weighted by atomic mass is 32.2. The molecule has 3 N–H and O–H groups in total. The van der Waals surface area contributed by atoms with Crippen LogP contribution in [-0.4, -0.2) is 34.1 Å². The predicted octanol–water partition coefficient (Wildman–Crippen LogP) is 1.55. The molecule has 0 aliphatic rings. The molecule has 0 bridgehead atoms. The Hall–Kier alpha value is -1.11. The van der Waals surface area contributed by atoms with Gasteiger partial charge in [-0.05, 0) is 38.9 Å². The van der Waals surface area contributed by atoms with E-state index in [2.05, 4.69) is 9.62 Å². The van der Waals surface area contributed by atoms with E-state index in [0.717, 1.165) is 18.7 Å². The van der Waals surface area contributed by atoms with E-state index in [1.165, 1.54) is 0 Å². The zero-order chi connectivity index (χ0) is 15.2. The first kappa shape index (κ1) is 16.9. The summed E-state index contributed by atoms with van der Waals surface area (Å²) in [4.78, 5) is 2.41. The van der Waals surface area contributed by atoms with Crippen molar-refractivity contribution >= 4 is 15.7 Å². The Kier molecular flexibility index (Phi) is 6.45. The van der Waals surface area contributed by atoms with Gasteiger partial charge in [0.2, 0.25) is 10.0 Å². The average Bonchev–Trinajstić information content (AvgIpc) is 2.39. The smallest absolute Gasteiger partial charge is 0.242 e. The third-order valence-electron chi connectivity index (χ3n) is 3.03. The third kappa shape index (κ3) is 4.19. The van der Waals surface area contributed by atoms with Gasteiger partial charge in [0.25, 0.3) is 0 Å². The molecule has 0 atom stereocenters. The van der Waals surface area contributed by atoms with E-state index in [1.807, 2.05) is 26.0 Å². The predicted molar refractivity (Wildman–Crippen MR) is 83.5 cm³/mol. The van der Waals surface area contributed by atoms with Crippen molar-refractivity contribution in [2.24, 2.45) is 5.73 Å². The summed E-state index contributed by atoms with van der Waals surface area (Å²) < 4.78 is 27.1. The fourth-order valence-corrected chi connectivity index (χ4v) is 3.36. The first-order chi connectivity index (χ1) is 9.44. The molecule has 20 heavy (non-hydrogen) atoms. The maximum Gasteiger partial charge on any atom is 0.242 e. The number of nitrogens with two attached hydrogens (primary N) is 1. The molecule has 0 aliphatic heterocycles. The zero-order valence-corrected chi connectivity index (χ0v) is 13.3. The average molecular weight is 299 g/mol. The Balaban J connectivity index is 3.22. The summed E-state index contributed by atoms with van der Waals surface area (Å²) in [6.07, 6.45) is 0.827. The van der Waals surface area contributed by atoms with E-state index in [-0.39, 0.29) is 6.04 Å². The van der Waals surface area contributed by atoms with Crippen LogP contribution in [0.5, 0.6) is 0 Å². The molecule has 0 saturated heterocycles. The molecule has 6 heteroatoms. The van der Waals surface area contributed by atoms with E-state index in [9.17, 15) is 8.42 Å². The molecule has 0 amide bonds. The topological polar surface area (TPSA) is 75.4 Å². The van der Waals surface area contributed by atoms with E-state index in [4.69, 9.17) is 5.73 Å². The molecule has 0 radical (unpaired) electrons. The molecule has 0 unspecified atom stereocenters. The SMILES string of the molecule is CCNS(=O)(=O)c1ccccc1N(CCCN)C(C)C. The molecule has 0 aromatic heterocycles. The lowest BCUT2D eigenvalue weighted by Crippen LogP contribution is -2.35. The molecule has 1 aromatic carbocycles. The van der Waals surface area contributed by atoms with Crippen LogP contribution in [0, 0.1) is 0 Å². The second kappa shape index (κ2) is 7.61. The van der Waals surface area contributed by atoms with Crippen molar-refractivity contribution in [2.45, 2.75) is 38.1 Å². The minimum atomic E-state index is -3.47. The van der Waals surface area contributed by atoms with Crippen LogP contribution in [-0.2, 0) is 10.0 Å². The molecule has 1 rings (SSSR count). The fourth-order valence-electron chi connectivity index (χ4n) is 2.11. The highest BCUT2D eigenvalue weighted by molar-refractivity contribution is 7.89. The van der Waals surface area contributed by atoms with Crippen molar-refractivity contribution in [1.82, 2.24) is 4.72 Å². The summed E-state index contributed by atoms with van der Waals surface area (Å²) in [5.41, 5.74) is 6.30. The summed E-state index contributed by atoms with van der Waals surface area (Å²) >= 11 is 0. The van der Waals surface area contributed by atoms with E-state index in [0.29, 0.717) is 18.0 Å². The molecular formula is C14H25N3O2S. The minimum Gasteiger partial charge on any atom is -0.368 e. The third-order valence-corrected chi connectivity index (χ3v) is 4.62. The largest absolute Gasteiger partial charge is 0.368 e. The lowest BCUT2D eigenvalue weighted by Gasteiger charge is -2.30. The lowest BCUT2D eigenvalue weighted by atomic mass is 10.2. The number of hydrogen-bond donors (Lipinski definition) is 2. The van der Waals surface area contributed by atoms with Gasteiger partial charge >= 0.3 is 0 Å². The van der Waals surface area contributed by atoms with Crippen molar-refractivity contribution in [3.8, 4) is 0 Å². The van der Waals surface area contributed by atoms with Gasteiger partial charge < -0.3 is 10.6 Å². The van der Waals surface area contributed by atoms with Crippen molar-refractivity contribution in [3.05, 3.63) is 24.3 Å². The molecule has 0 fully saturated rings. The number of benzene rings is 1. The maximum absolute atomic E-state index is 12.3. The number of nitrogens with one attached hydrogen (secondary N) is 1. The molecule has 1 aromatic rings. The number of hydrogen-bond acceptors (Lipinski definition) is 4. The van der Waals surface area contributed by atoms with Gasteiger partial charge in [-0.1, -0.05) is 19.1 Å². The van der Waals surface area contributed by atoms with Crippen molar-refractivity contribution < 1.29 is 8.42 Å². The maximum atomic E-state index is 12.3. The van der Waals surface area contributed by atoms with Crippen LogP contribution in [0.2, 0.25) is 0 Å². The monoisotopic (exact) mass is 299 g/mol. The van der Waals surface area contributed by atoms with Crippen LogP contribution in [0.3, 0.4) is 0 Å². The number of rotatable bonds is 8. The number of para-hydroxylation sites is 1. The lowest BCUT2D eigenvalue weighted by molar-refractivity contribution is 0.582. The second-order valence-electron chi connectivity index (χ2n) is 4.90. The van der Waals surface area contributed by atoms with E-state index in [1.54, 1.807) is 19.1 Å². The molecule has 5 nitrogen and oxygen atoms in total. The summed E-state index contributed by atoms with van der Waals surface area (Å²) in [7, 11) is -3.47. The molecule has 0 saturated carbocycles. The van der Waals surface area contributed by atoms with Crippen molar-refractivity contribution in [2.75, 3.05) is 24.5 Å². The summed E-state index contributed by atoms with van der Waals surface area (Å²) in [5, 5.41) is 0. The Morgan fingerprint density at radius 2 is 1.95 bits per heavy atom. The van der Waals surface area contributed by atoms with Crippen LogP contribution in [0.4, 0.5) is 5.69 Å². The Labute approximate surface area is 122 Å². The van der Waals surface area contributed by atoms with Gasteiger partial charge in [-0.3, -0.25) is 0 Å². The van der Waals surface area contributed by atoms with Crippen LogP contribution in [0.25, 0.3) is 0 Å². The van der Waals surface area contributed by atoms with Crippen LogP contribution < -0.4 is 15.4 Å². The van der Waals surface area contributed by atoms with Gasteiger partial charge in [0.1, 0.15) is 4.90 Å². The van der Waals surface area contributed by atoms with Crippen molar-refractivity contribution in [3.63, 3.8) is 0 Å².